The number of nitrogens with zero attached hydrogens (tertiary/aromatic N) is 2. The Morgan fingerprint density at radius 2 is 2.00 bits per heavy atom. The molecule has 1 aromatic heterocycles. The molecule has 2 aliphatic rings. The predicted molar refractivity (Wildman–Crippen MR) is 115 cm³/mol. The highest BCUT2D eigenvalue weighted by Gasteiger charge is 2.35. The summed E-state index contributed by atoms with van der Waals surface area (Å²) in [4.78, 5) is 50.5. The van der Waals surface area contributed by atoms with Crippen LogP contribution in [0.5, 0.6) is 0 Å². The Bertz CT molecular complexity index is 1170. The number of hydrogen-bond donors (Lipinski definition) is 1. The average molecular weight is 441 g/mol. The lowest BCUT2D eigenvalue weighted by atomic mass is 10.2. The molecular weight excluding hydrogens is 421 g/mol. The molecule has 1 aromatic carbocycles. The maximum atomic E-state index is 13.8. The molecule has 0 radical (unpaired) electrons. The molecule has 4 rings (SSSR count). The van der Waals surface area contributed by atoms with Gasteiger partial charge in [0.15, 0.2) is 5.43 Å². The van der Waals surface area contributed by atoms with Gasteiger partial charge in [0.1, 0.15) is 11.4 Å². The fourth-order valence-electron chi connectivity index (χ4n) is 3.37. The second-order valence-corrected chi connectivity index (χ2v) is 8.44. The Labute approximate surface area is 181 Å². The number of halogens is 1. The van der Waals surface area contributed by atoms with Crippen LogP contribution >= 0.6 is 11.8 Å². The van der Waals surface area contributed by atoms with E-state index in [9.17, 15) is 23.6 Å². The minimum absolute atomic E-state index is 0.000592. The monoisotopic (exact) mass is 441 g/mol. The van der Waals surface area contributed by atoms with Gasteiger partial charge in [-0.05, 0) is 43.7 Å². The van der Waals surface area contributed by atoms with Crippen molar-refractivity contribution in [1.29, 1.82) is 0 Å². The van der Waals surface area contributed by atoms with Crippen molar-refractivity contribution in [3.8, 4) is 0 Å². The third-order valence-electron chi connectivity index (χ3n) is 5.15. The Morgan fingerprint density at radius 1 is 1.26 bits per heavy atom. The summed E-state index contributed by atoms with van der Waals surface area (Å²) >= 11 is 0.723. The second kappa shape index (κ2) is 8.50. The maximum Gasteiger partial charge on any atom is 0.293 e. The van der Waals surface area contributed by atoms with Crippen LogP contribution < -0.4 is 10.7 Å². The lowest BCUT2D eigenvalue weighted by Gasteiger charge is -2.14. The molecule has 2 heterocycles. The topological polar surface area (TPSA) is 88.5 Å². The van der Waals surface area contributed by atoms with Crippen LogP contribution in [0.15, 0.2) is 46.2 Å². The number of hydrogen-bond acceptors (Lipinski definition) is 5. The van der Waals surface area contributed by atoms with Crippen molar-refractivity contribution < 1.29 is 18.8 Å². The van der Waals surface area contributed by atoms with Gasteiger partial charge < -0.3 is 9.88 Å². The van der Waals surface area contributed by atoms with E-state index in [2.05, 4.69) is 5.32 Å². The van der Waals surface area contributed by atoms with Crippen molar-refractivity contribution in [2.45, 2.75) is 25.8 Å². The molecule has 1 saturated heterocycles. The third-order valence-corrected chi connectivity index (χ3v) is 6.06. The maximum absolute atomic E-state index is 13.8. The Kier molecular flexibility index (Phi) is 5.77. The third kappa shape index (κ3) is 4.46. The number of aromatic nitrogens is 1. The van der Waals surface area contributed by atoms with E-state index >= 15 is 0 Å². The molecular formula is C22H20FN3O4S. The minimum Gasteiger partial charge on any atom is -0.350 e. The van der Waals surface area contributed by atoms with Crippen molar-refractivity contribution in [1.82, 2.24) is 14.8 Å². The zero-order valence-corrected chi connectivity index (χ0v) is 17.6. The molecule has 0 bridgehead atoms. The summed E-state index contributed by atoms with van der Waals surface area (Å²) < 4.78 is 15.7. The molecule has 0 unspecified atom stereocenters. The molecule has 1 aliphatic heterocycles. The highest BCUT2D eigenvalue weighted by molar-refractivity contribution is 8.18. The highest BCUT2D eigenvalue weighted by atomic mass is 32.2. The van der Waals surface area contributed by atoms with Crippen molar-refractivity contribution in [3.05, 3.63) is 74.3 Å². The van der Waals surface area contributed by atoms with Gasteiger partial charge in [0.05, 0.1) is 4.91 Å². The largest absolute Gasteiger partial charge is 0.350 e. The predicted octanol–water partition coefficient (Wildman–Crippen LogP) is 3.10. The number of pyridine rings is 1. The Hall–Kier alpha value is -3.20. The molecule has 160 valence electrons. The van der Waals surface area contributed by atoms with E-state index in [-0.39, 0.29) is 34.6 Å². The number of thioether (sulfide) groups is 1. The lowest BCUT2D eigenvalue weighted by molar-refractivity contribution is -0.122. The van der Waals surface area contributed by atoms with E-state index in [1.165, 1.54) is 30.3 Å². The van der Waals surface area contributed by atoms with Crippen LogP contribution in [-0.4, -0.2) is 39.6 Å². The van der Waals surface area contributed by atoms with Crippen LogP contribution in [0.3, 0.4) is 0 Å². The van der Waals surface area contributed by atoms with Gasteiger partial charge in [0.25, 0.3) is 17.1 Å². The number of nitrogens with one attached hydrogen (secondary N) is 1. The van der Waals surface area contributed by atoms with E-state index in [0.717, 1.165) is 35.2 Å². The van der Waals surface area contributed by atoms with E-state index in [0.29, 0.717) is 6.04 Å². The molecule has 7 nitrogen and oxygen atoms in total. The molecule has 1 N–H and O–H groups in total. The number of carbonyl (C=O) groups excluding carboxylic acids is 3. The zero-order chi connectivity index (χ0) is 22.1. The van der Waals surface area contributed by atoms with Gasteiger partial charge in [0, 0.05) is 42.7 Å². The van der Waals surface area contributed by atoms with E-state index < -0.39 is 22.9 Å². The first-order valence-corrected chi connectivity index (χ1v) is 10.7. The first-order valence-electron chi connectivity index (χ1n) is 9.86. The van der Waals surface area contributed by atoms with Crippen LogP contribution in [0, 0.1) is 12.7 Å². The number of amides is 3. The molecule has 1 aliphatic carbocycles. The van der Waals surface area contributed by atoms with Crippen LogP contribution in [0.2, 0.25) is 0 Å². The van der Waals surface area contributed by atoms with Gasteiger partial charge in [-0.2, -0.15) is 0 Å². The zero-order valence-electron chi connectivity index (χ0n) is 16.8. The van der Waals surface area contributed by atoms with Crippen LogP contribution in [0.1, 0.15) is 40.5 Å². The number of carbonyl (C=O) groups is 3. The van der Waals surface area contributed by atoms with Crippen LogP contribution in [-0.2, 0) is 4.79 Å². The summed E-state index contributed by atoms with van der Waals surface area (Å²) in [6.45, 7) is 1.78. The van der Waals surface area contributed by atoms with E-state index in [1.54, 1.807) is 12.3 Å². The fraction of sp³-hybridized carbons (Fsp3) is 0.273. The molecule has 1 saturated carbocycles. The molecule has 2 aromatic rings. The first kappa shape index (κ1) is 21.0. The smallest absolute Gasteiger partial charge is 0.293 e. The summed E-state index contributed by atoms with van der Waals surface area (Å²) in [5, 5.41) is 2.11. The van der Waals surface area contributed by atoms with Crippen LogP contribution in [0.25, 0.3) is 6.08 Å². The van der Waals surface area contributed by atoms with E-state index in [4.69, 9.17) is 0 Å². The number of imide groups is 1. The molecule has 31 heavy (non-hydrogen) atoms. The summed E-state index contributed by atoms with van der Waals surface area (Å²) in [6, 6.07) is 7.72. The quantitative estimate of drug-likeness (QED) is 0.696. The lowest BCUT2D eigenvalue weighted by Crippen LogP contribution is -2.38. The first-order chi connectivity index (χ1) is 14.8. The van der Waals surface area contributed by atoms with Crippen molar-refractivity contribution in [2.24, 2.45) is 0 Å². The van der Waals surface area contributed by atoms with Gasteiger partial charge in [-0.15, -0.1) is 0 Å². The highest BCUT2D eigenvalue weighted by Crippen LogP contribution is 2.35. The van der Waals surface area contributed by atoms with Crippen molar-refractivity contribution in [3.63, 3.8) is 0 Å². The number of benzene rings is 1. The standard InChI is InChI=1S/C22H20FN3O4S/c1-13-10-18(27)16(12-26(13)15-6-7-15)20(28)24-8-9-25-21(29)19(31-22(25)30)11-14-4-2-3-5-17(14)23/h2-5,10-12,15H,6-9H2,1H3,(H,24,28). The summed E-state index contributed by atoms with van der Waals surface area (Å²) in [5.74, 6) is -1.58. The molecule has 2 fully saturated rings. The summed E-state index contributed by atoms with van der Waals surface area (Å²) in [6.07, 6.45) is 4.95. The Morgan fingerprint density at radius 3 is 2.71 bits per heavy atom. The fourth-order valence-corrected chi connectivity index (χ4v) is 4.22. The Balaban J connectivity index is 1.40. The average Bonchev–Trinajstić information content (AvgIpc) is 3.53. The number of rotatable bonds is 6. The SMILES string of the molecule is Cc1cc(=O)c(C(=O)NCCN2C(=O)SC(=Cc3ccccc3F)C2=O)cn1C1CC1. The molecule has 0 spiro atoms. The van der Waals surface area contributed by atoms with Gasteiger partial charge in [-0.1, -0.05) is 18.2 Å². The van der Waals surface area contributed by atoms with Crippen molar-refractivity contribution >= 4 is 34.9 Å². The molecule has 3 amide bonds. The normalized spacial score (nSPS) is 17.5. The van der Waals surface area contributed by atoms with Gasteiger partial charge >= 0.3 is 0 Å². The van der Waals surface area contributed by atoms with Crippen LogP contribution in [0.4, 0.5) is 9.18 Å². The van der Waals surface area contributed by atoms with Gasteiger partial charge in [-0.3, -0.25) is 24.1 Å². The minimum atomic E-state index is -0.548. The van der Waals surface area contributed by atoms with Gasteiger partial charge in [-0.25, -0.2) is 4.39 Å². The number of aryl methyl sites for hydroxylation is 1. The van der Waals surface area contributed by atoms with Crippen molar-refractivity contribution in [2.75, 3.05) is 13.1 Å². The second-order valence-electron chi connectivity index (χ2n) is 7.44. The molecule has 9 heteroatoms. The summed E-state index contributed by atoms with van der Waals surface area (Å²) in [7, 11) is 0. The van der Waals surface area contributed by atoms with Gasteiger partial charge in [0.2, 0.25) is 0 Å². The van der Waals surface area contributed by atoms with E-state index in [1.807, 2.05) is 11.5 Å². The molecule has 0 atom stereocenters. The summed E-state index contributed by atoms with van der Waals surface area (Å²) in [5.41, 5.74) is 0.688.